The van der Waals surface area contributed by atoms with Crippen LogP contribution in [0.25, 0.3) is 0 Å². The van der Waals surface area contributed by atoms with Crippen LogP contribution in [-0.4, -0.2) is 41.0 Å². The molecule has 1 fully saturated rings. The monoisotopic (exact) mass is 441 g/mol. The summed E-state index contributed by atoms with van der Waals surface area (Å²) < 4.78 is 0. The van der Waals surface area contributed by atoms with Gasteiger partial charge in [-0.1, -0.05) is 19.9 Å². The van der Waals surface area contributed by atoms with Gasteiger partial charge >= 0.3 is 0 Å². The average Bonchev–Trinajstić information content (AvgIpc) is 2.73. The molecule has 0 radical (unpaired) electrons. The minimum absolute atomic E-state index is 0.0474. The van der Waals surface area contributed by atoms with Crippen molar-refractivity contribution in [2.75, 3.05) is 24.7 Å². The van der Waals surface area contributed by atoms with Gasteiger partial charge in [0, 0.05) is 36.0 Å². The number of nitrogens with one attached hydrogen (secondary N) is 1. The quantitative estimate of drug-likeness (QED) is 0.401. The molecule has 2 atom stereocenters. The molecule has 1 saturated heterocycles. The first-order valence-corrected chi connectivity index (χ1v) is 11.5. The van der Waals surface area contributed by atoms with Crippen LogP contribution >= 0.6 is 11.8 Å². The van der Waals surface area contributed by atoms with Crippen molar-refractivity contribution in [3.63, 3.8) is 0 Å². The van der Waals surface area contributed by atoms with Crippen molar-refractivity contribution in [3.8, 4) is 0 Å². The number of thioether (sulfide) groups is 1. The predicted molar refractivity (Wildman–Crippen MR) is 123 cm³/mol. The fourth-order valence-corrected chi connectivity index (χ4v) is 4.62. The number of hydrogen-bond acceptors (Lipinski definition) is 5. The molecule has 1 aliphatic rings. The summed E-state index contributed by atoms with van der Waals surface area (Å²) in [6, 6.07) is 9.68. The molecule has 164 valence electrons. The van der Waals surface area contributed by atoms with Crippen LogP contribution in [0.1, 0.15) is 46.5 Å². The van der Waals surface area contributed by atoms with Gasteiger partial charge in [0.2, 0.25) is 0 Å². The second-order valence-corrected chi connectivity index (χ2v) is 9.13. The van der Waals surface area contributed by atoms with E-state index in [0.29, 0.717) is 28.0 Å². The number of rotatable bonds is 5. The van der Waals surface area contributed by atoms with Gasteiger partial charge in [0.15, 0.2) is 0 Å². The molecule has 2 amide bonds. The SMILES string of the molecule is CSc1ccc(C(=O)Nc2cc(C(=O)N3CC(C)CC(C)C3)ccc2C)cc1[N+](=O)[O-]. The lowest BCUT2D eigenvalue weighted by atomic mass is 9.91. The molecular weight excluding hydrogens is 414 g/mol. The summed E-state index contributed by atoms with van der Waals surface area (Å²) in [5.74, 6) is 0.410. The van der Waals surface area contributed by atoms with E-state index < -0.39 is 10.8 Å². The van der Waals surface area contributed by atoms with Gasteiger partial charge in [0.25, 0.3) is 17.5 Å². The normalized spacial score (nSPS) is 18.5. The Labute approximate surface area is 186 Å². The molecule has 1 N–H and O–H groups in total. The van der Waals surface area contributed by atoms with Crippen LogP contribution in [0.4, 0.5) is 11.4 Å². The highest BCUT2D eigenvalue weighted by molar-refractivity contribution is 7.98. The molecule has 3 rings (SSSR count). The molecule has 2 aromatic carbocycles. The highest BCUT2D eigenvalue weighted by Gasteiger charge is 2.26. The van der Waals surface area contributed by atoms with Gasteiger partial charge in [-0.05, 0) is 61.3 Å². The van der Waals surface area contributed by atoms with E-state index in [-0.39, 0.29) is 17.2 Å². The van der Waals surface area contributed by atoms with E-state index in [2.05, 4.69) is 19.2 Å². The fourth-order valence-electron chi connectivity index (χ4n) is 4.07. The second-order valence-electron chi connectivity index (χ2n) is 8.28. The van der Waals surface area contributed by atoms with E-state index in [4.69, 9.17) is 0 Å². The molecule has 0 aliphatic carbocycles. The number of nitrogens with zero attached hydrogens (tertiary/aromatic N) is 2. The maximum Gasteiger partial charge on any atom is 0.283 e. The highest BCUT2D eigenvalue weighted by atomic mass is 32.2. The molecule has 0 spiro atoms. The largest absolute Gasteiger partial charge is 0.338 e. The Bertz CT molecular complexity index is 1010. The minimum Gasteiger partial charge on any atom is -0.338 e. The standard InChI is InChI=1S/C23H27N3O4S/c1-14-9-15(2)13-25(12-14)23(28)18-6-5-16(3)19(10-18)24-22(27)17-7-8-21(31-4)20(11-17)26(29)30/h5-8,10-11,14-15H,9,12-13H2,1-4H3,(H,24,27). The summed E-state index contributed by atoms with van der Waals surface area (Å²) in [6.07, 6.45) is 2.86. The van der Waals surface area contributed by atoms with Crippen LogP contribution in [-0.2, 0) is 0 Å². The third-order valence-corrected chi connectivity index (χ3v) is 6.31. The summed E-state index contributed by atoms with van der Waals surface area (Å²) in [5.41, 5.74) is 1.94. The van der Waals surface area contributed by atoms with Crippen LogP contribution in [0.15, 0.2) is 41.3 Å². The molecule has 0 saturated carbocycles. The number of anilines is 1. The summed E-state index contributed by atoms with van der Waals surface area (Å²) in [4.78, 5) is 39.0. The van der Waals surface area contributed by atoms with E-state index in [0.717, 1.165) is 25.1 Å². The van der Waals surface area contributed by atoms with Gasteiger partial charge in [0.1, 0.15) is 0 Å². The molecule has 1 heterocycles. The van der Waals surface area contributed by atoms with Crippen molar-refractivity contribution in [1.29, 1.82) is 0 Å². The molecule has 31 heavy (non-hydrogen) atoms. The fraction of sp³-hybridized carbons (Fsp3) is 0.391. The number of benzene rings is 2. The first kappa shape index (κ1) is 22.8. The van der Waals surface area contributed by atoms with E-state index in [1.165, 1.54) is 17.8 Å². The van der Waals surface area contributed by atoms with Gasteiger partial charge in [-0.3, -0.25) is 19.7 Å². The van der Waals surface area contributed by atoms with Crippen molar-refractivity contribution in [1.82, 2.24) is 4.90 Å². The van der Waals surface area contributed by atoms with Crippen LogP contribution in [0.5, 0.6) is 0 Å². The number of amides is 2. The number of nitro benzene ring substituents is 1. The Kier molecular flexibility index (Phi) is 7.00. The summed E-state index contributed by atoms with van der Waals surface area (Å²) in [7, 11) is 0. The zero-order chi connectivity index (χ0) is 22.7. The van der Waals surface area contributed by atoms with E-state index in [1.807, 2.05) is 11.8 Å². The molecule has 2 unspecified atom stereocenters. The number of carbonyl (C=O) groups is 2. The van der Waals surface area contributed by atoms with Gasteiger partial charge in [-0.15, -0.1) is 11.8 Å². The zero-order valence-corrected chi connectivity index (χ0v) is 19.0. The number of piperidine rings is 1. The van der Waals surface area contributed by atoms with Crippen LogP contribution < -0.4 is 5.32 Å². The number of aryl methyl sites for hydroxylation is 1. The lowest BCUT2D eigenvalue weighted by molar-refractivity contribution is -0.387. The van der Waals surface area contributed by atoms with Crippen LogP contribution in [0, 0.1) is 28.9 Å². The molecule has 1 aliphatic heterocycles. The van der Waals surface area contributed by atoms with E-state index >= 15 is 0 Å². The van der Waals surface area contributed by atoms with Crippen molar-refractivity contribution < 1.29 is 14.5 Å². The molecule has 0 bridgehead atoms. The number of carbonyl (C=O) groups excluding carboxylic acids is 2. The van der Waals surface area contributed by atoms with E-state index in [1.54, 1.807) is 36.6 Å². The van der Waals surface area contributed by atoms with Crippen LogP contribution in [0.2, 0.25) is 0 Å². The molecule has 7 nitrogen and oxygen atoms in total. The Hall–Kier alpha value is -2.87. The van der Waals surface area contributed by atoms with Crippen LogP contribution in [0.3, 0.4) is 0 Å². The number of hydrogen-bond donors (Lipinski definition) is 1. The highest BCUT2D eigenvalue weighted by Crippen LogP contribution is 2.29. The third kappa shape index (κ3) is 5.25. The Balaban J connectivity index is 1.82. The lowest BCUT2D eigenvalue weighted by Gasteiger charge is -2.35. The average molecular weight is 442 g/mol. The molecule has 0 aromatic heterocycles. The molecule has 2 aromatic rings. The lowest BCUT2D eigenvalue weighted by Crippen LogP contribution is -2.42. The van der Waals surface area contributed by atoms with Crippen molar-refractivity contribution in [2.45, 2.75) is 32.1 Å². The van der Waals surface area contributed by atoms with Gasteiger partial charge in [-0.2, -0.15) is 0 Å². The Morgan fingerprint density at radius 3 is 2.35 bits per heavy atom. The smallest absolute Gasteiger partial charge is 0.283 e. The number of nitro groups is 1. The predicted octanol–water partition coefficient (Wildman–Crippen LogP) is 5.00. The van der Waals surface area contributed by atoms with Gasteiger partial charge < -0.3 is 10.2 Å². The van der Waals surface area contributed by atoms with Gasteiger partial charge in [0.05, 0.1) is 9.82 Å². The Morgan fingerprint density at radius 2 is 1.74 bits per heavy atom. The van der Waals surface area contributed by atoms with Gasteiger partial charge in [-0.25, -0.2) is 0 Å². The molecule has 8 heteroatoms. The first-order valence-electron chi connectivity index (χ1n) is 10.2. The summed E-state index contributed by atoms with van der Waals surface area (Å²) >= 11 is 1.25. The number of likely N-dealkylation sites (tertiary alicyclic amines) is 1. The summed E-state index contributed by atoms with van der Waals surface area (Å²) in [6.45, 7) is 7.60. The third-order valence-electron chi connectivity index (χ3n) is 5.53. The second kappa shape index (κ2) is 9.51. The first-order chi connectivity index (χ1) is 14.7. The van der Waals surface area contributed by atoms with Crippen molar-refractivity contribution >= 4 is 35.0 Å². The zero-order valence-electron chi connectivity index (χ0n) is 18.2. The minimum atomic E-state index is -0.492. The maximum absolute atomic E-state index is 13.0. The van der Waals surface area contributed by atoms with Crippen molar-refractivity contribution in [3.05, 3.63) is 63.2 Å². The Morgan fingerprint density at radius 1 is 1.10 bits per heavy atom. The maximum atomic E-state index is 13.0. The molecular formula is C23H27N3O4S. The topological polar surface area (TPSA) is 92.6 Å². The van der Waals surface area contributed by atoms with Crippen molar-refractivity contribution in [2.24, 2.45) is 11.8 Å². The van der Waals surface area contributed by atoms with E-state index in [9.17, 15) is 19.7 Å². The summed E-state index contributed by atoms with van der Waals surface area (Å²) in [5, 5.41) is 14.1.